The molecule has 9 heteroatoms. The number of hydrogen-bond donors (Lipinski definition) is 2. The number of carbonyl (C=O) groups excluding carboxylic acids is 3. The van der Waals surface area contributed by atoms with E-state index < -0.39 is 6.03 Å². The number of nitrogens with zero attached hydrogens (tertiary/aromatic N) is 2. The number of amides is 4. The van der Waals surface area contributed by atoms with Crippen LogP contribution in [0.1, 0.15) is 6.92 Å². The molecule has 0 aromatic heterocycles. The average molecular weight is 369 g/mol. The molecule has 0 unspecified atom stereocenters. The standard InChI is InChI=1S/C16H21ClN4O4/c1-2-25-16(24)21-9-7-20(8-10-21)14(22)11-18-15(23)19-13-5-3-12(17)4-6-13/h3-6H,2,7-11H2,1H3,(H2,18,19,23). The summed E-state index contributed by atoms with van der Waals surface area (Å²) in [5.74, 6) is -0.199. The Morgan fingerprint density at radius 3 is 2.28 bits per heavy atom. The number of rotatable bonds is 4. The van der Waals surface area contributed by atoms with E-state index in [1.165, 1.54) is 0 Å². The van der Waals surface area contributed by atoms with Crippen molar-refractivity contribution in [1.29, 1.82) is 0 Å². The molecular weight excluding hydrogens is 348 g/mol. The molecule has 25 heavy (non-hydrogen) atoms. The molecule has 0 bridgehead atoms. The third-order valence-corrected chi connectivity index (χ3v) is 3.91. The molecule has 0 saturated carbocycles. The van der Waals surface area contributed by atoms with Gasteiger partial charge >= 0.3 is 12.1 Å². The van der Waals surface area contributed by atoms with Crippen LogP contribution in [0, 0.1) is 0 Å². The van der Waals surface area contributed by atoms with Gasteiger partial charge < -0.3 is 25.2 Å². The van der Waals surface area contributed by atoms with E-state index in [4.69, 9.17) is 16.3 Å². The van der Waals surface area contributed by atoms with Crippen LogP contribution in [0.5, 0.6) is 0 Å². The topological polar surface area (TPSA) is 91.0 Å². The van der Waals surface area contributed by atoms with Gasteiger partial charge in [0.15, 0.2) is 0 Å². The van der Waals surface area contributed by atoms with Gasteiger partial charge in [0, 0.05) is 36.9 Å². The van der Waals surface area contributed by atoms with Crippen molar-refractivity contribution in [1.82, 2.24) is 15.1 Å². The Morgan fingerprint density at radius 2 is 1.68 bits per heavy atom. The Bertz CT molecular complexity index is 615. The first-order valence-corrected chi connectivity index (χ1v) is 8.37. The third-order valence-electron chi connectivity index (χ3n) is 3.66. The number of carbonyl (C=O) groups is 3. The molecular formula is C16H21ClN4O4. The highest BCUT2D eigenvalue weighted by Crippen LogP contribution is 2.13. The number of nitrogens with one attached hydrogen (secondary N) is 2. The smallest absolute Gasteiger partial charge is 0.409 e. The fourth-order valence-corrected chi connectivity index (χ4v) is 2.46. The van der Waals surface area contributed by atoms with Crippen LogP contribution in [-0.4, -0.2) is 67.2 Å². The summed E-state index contributed by atoms with van der Waals surface area (Å²) in [6.45, 7) is 3.63. The Morgan fingerprint density at radius 1 is 1.08 bits per heavy atom. The second kappa shape index (κ2) is 9.12. The molecule has 0 radical (unpaired) electrons. The lowest BCUT2D eigenvalue weighted by molar-refractivity contribution is -0.131. The van der Waals surface area contributed by atoms with E-state index in [1.54, 1.807) is 41.0 Å². The minimum atomic E-state index is -0.471. The first-order chi connectivity index (χ1) is 12.0. The van der Waals surface area contributed by atoms with Crippen molar-refractivity contribution < 1.29 is 19.1 Å². The molecule has 0 spiro atoms. The molecule has 1 aliphatic rings. The number of piperazine rings is 1. The summed E-state index contributed by atoms with van der Waals surface area (Å²) in [5.41, 5.74) is 0.581. The lowest BCUT2D eigenvalue weighted by Crippen LogP contribution is -2.52. The maximum absolute atomic E-state index is 12.1. The van der Waals surface area contributed by atoms with Gasteiger partial charge in [-0.3, -0.25) is 4.79 Å². The lowest BCUT2D eigenvalue weighted by atomic mass is 10.3. The molecule has 4 amide bonds. The van der Waals surface area contributed by atoms with Crippen molar-refractivity contribution >= 4 is 35.3 Å². The summed E-state index contributed by atoms with van der Waals surface area (Å²) in [5, 5.41) is 5.70. The van der Waals surface area contributed by atoms with Crippen molar-refractivity contribution in [2.45, 2.75) is 6.92 Å². The summed E-state index contributed by atoms with van der Waals surface area (Å²) in [7, 11) is 0. The molecule has 1 fully saturated rings. The highest BCUT2D eigenvalue weighted by molar-refractivity contribution is 6.30. The van der Waals surface area contributed by atoms with Gasteiger partial charge in [0.1, 0.15) is 0 Å². The number of benzene rings is 1. The fourth-order valence-electron chi connectivity index (χ4n) is 2.33. The second-order valence-corrected chi connectivity index (χ2v) is 5.82. The summed E-state index contributed by atoms with van der Waals surface area (Å²) >= 11 is 5.77. The van der Waals surface area contributed by atoms with Gasteiger partial charge in [-0.2, -0.15) is 0 Å². The van der Waals surface area contributed by atoms with E-state index in [2.05, 4.69) is 10.6 Å². The van der Waals surface area contributed by atoms with E-state index in [9.17, 15) is 14.4 Å². The molecule has 136 valence electrons. The third kappa shape index (κ3) is 5.82. The van der Waals surface area contributed by atoms with Crippen molar-refractivity contribution in [3.8, 4) is 0 Å². The molecule has 1 saturated heterocycles. The number of hydrogen-bond acceptors (Lipinski definition) is 4. The molecule has 1 aromatic rings. The SMILES string of the molecule is CCOC(=O)N1CCN(C(=O)CNC(=O)Nc2ccc(Cl)cc2)CC1. The van der Waals surface area contributed by atoms with Gasteiger partial charge in [-0.1, -0.05) is 11.6 Å². The molecule has 1 aliphatic heterocycles. The van der Waals surface area contributed by atoms with E-state index in [0.29, 0.717) is 43.5 Å². The van der Waals surface area contributed by atoms with Crippen LogP contribution < -0.4 is 10.6 Å². The normalized spacial score (nSPS) is 14.0. The predicted octanol–water partition coefficient (Wildman–Crippen LogP) is 1.76. The average Bonchev–Trinajstić information content (AvgIpc) is 2.62. The largest absolute Gasteiger partial charge is 0.450 e. The Kier molecular flexibility index (Phi) is 6.88. The molecule has 1 heterocycles. The minimum Gasteiger partial charge on any atom is -0.450 e. The van der Waals surface area contributed by atoms with Gasteiger partial charge in [0.25, 0.3) is 0 Å². The molecule has 0 aliphatic carbocycles. The summed E-state index contributed by atoms with van der Waals surface area (Å²) in [4.78, 5) is 38.7. The quantitative estimate of drug-likeness (QED) is 0.847. The van der Waals surface area contributed by atoms with Crippen LogP contribution >= 0.6 is 11.6 Å². The molecule has 2 rings (SSSR count). The predicted molar refractivity (Wildman–Crippen MR) is 93.6 cm³/mol. The van der Waals surface area contributed by atoms with E-state index in [-0.39, 0.29) is 18.5 Å². The van der Waals surface area contributed by atoms with Crippen LogP contribution in [0.4, 0.5) is 15.3 Å². The number of urea groups is 1. The maximum atomic E-state index is 12.1. The Labute approximate surface area is 151 Å². The monoisotopic (exact) mass is 368 g/mol. The Balaban J connectivity index is 1.71. The lowest BCUT2D eigenvalue weighted by Gasteiger charge is -2.34. The minimum absolute atomic E-state index is 0.112. The van der Waals surface area contributed by atoms with E-state index >= 15 is 0 Å². The summed E-state index contributed by atoms with van der Waals surface area (Å²) < 4.78 is 4.93. The molecule has 1 aromatic carbocycles. The van der Waals surface area contributed by atoms with Crippen LogP contribution in [0.3, 0.4) is 0 Å². The molecule has 0 atom stereocenters. The first kappa shape index (κ1) is 18.9. The van der Waals surface area contributed by atoms with Crippen molar-refractivity contribution in [3.05, 3.63) is 29.3 Å². The van der Waals surface area contributed by atoms with Crippen LogP contribution in [-0.2, 0) is 9.53 Å². The fraction of sp³-hybridized carbons (Fsp3) is 0.438. The van der Waals surface area contributed by atoms with E-state index in [0.717, 1.165) is 0 Å². The maximum Gasteiger partial charge on any atom is 0.409 e. The zero-order valence-electron chi connectivity index (χ0n) is 14.0. The number of halogens is 1. The first-order valence-electron chi connectivity index (χ1n) is 7.99. The summed E-state index contributed by atoms with van der Waals surface area (Å²) in [6.07, 6.45) is -0.366. The highest BCUT2D eigenvalue weighted by Gasteiger charge is 2.24. The van der Waals surface area contributed by atoms with Gasteiger partial charge in [0.05, 0.1) is 13.2 Å². The van der Waals surface area contributed by atoms with Crippen LogP contribution in [0.2, 0.25) is 5.02 Å². The number of ether oxygens (including phenoxy) is 1. The second-order valence-electron chi connectivity index (χ2n) is 5.38. The van der Waals surface area contributed by atoms with E-state index in [1.807, 2.05) is 0 Å². The molecule has 2 N–H and O–H groups in total. The van der Waals surface area contributed by atoms with Gasteiger partial charge in [-0.15, -0.1) is 0 Å². The van der Waals surface area contributed by atoms with Crippen LogP contribution in [0.25, 0.3) is 0 Å². The van der Waals surface area contributed by atoms with Crippen LogP contribution in [0.15, 0.2) is 24.3 Å². The molecule has 8 nitrogen and oxygen atoms in total. The van der Waals surface area contributed by atoms with Crippen molar-refractivity contribution in [3.63, 3.8) is 0 Å². The van der Waals surface area contributed by atoms with Gasteiger partial charge in [-0.05, 0) is 31.2 Å². The summed E-state index contributed by atoms with van der Waals surface area (Å²) in [6, 6.07) is 6.17. The number of anilines is 1. The zero-order valence-corrected chi connectivity index (χ0v) is 14.7. The van der Waals surface area contributed by atoms with Gasteiger partial charge in [-0.25, -0.2) is 9.59 Å². The zero-order chi connectivity index (χ0) is 18.2. The Hall–Kier alpha value is -2.48. The highest BCUT2D eigenvalue weighted by atomic mass is 35.5. The van der Waals surface area contributed by atoms with Crippen molar-refractivity contribution in [2.24, 2.45) is 0 Å². The van der Waals surface area contributed by atoms with Crippen molar-refractivity contribution in [2.75, 3.05) is 44.6 Å². The van der Waals surface area contributed by atoms with Gasteiger partial charge in [0.2, 0.25) is 5.91 Å².